The smallest absolute Gasteiger partial charge is 0.252 e. The van der Waals surface area contributed by atoms with Crippen molar-refractivity contribution in [2.24, 2.45) is 11.8 Å². The average Bonchev–Trinajstić information content (AvgIpc) is 3.00. The predicted octanol–water partition coefficient (Wildman–Crippen LogP) is 0.326. The lowest BCUT2D eigenvalue weighted by atomic mass is 10.00. The molecule has 1 saturated heterocycles. The van der Waals surface area contributed by atoms with Crippen molar-refractivity contribution in [3.8, 4) is 6.07 Å². The molecular formula is C13H22N6O2S. The van der Waals surface area contributed by atoms with Crippen LogP contribution >= 0.6 is 0 Å². The van der Waals surface area contributed by atoms with Crippen molar-refractivity contribution in [3.63, 3.8) is 0 Å². The molecule has 1 aromatic rings. The molecule has 2 heterocycles. The van der Waals surface area contributed by atoms with E-state index in [1.54, 1.807) is 24.0 Å². The van der Waals surface area contributed by atoms with Gasteiger partial charge in [0.05, 0.1) is 18.2 Å². The van der Waals surface area contributed by atoms with Gasteiger partial charge >= 0.3 is 0 Å². The molecule has 0 spiro atoms. The Bertz CT molecular complexity index is 609. The first-order chi connectivity index (χ1) is 10.4. The van der Waals surface area contributed by atoms with Crippen LogP contribution in [0.25, 0.3) is 0 Å². The van der Waals surface area contributed by atoms with Gasteiger partial charge in [-0.3, -0.25) is 4.68 Å². The molecule has 0 amide bonds. The summed E-state index contributed by atoms with van der Waals surface area (Å²) in [5.41, 5.74) is 0. The van der Waals surface area contributed by atoms with Crippen LogP contribution in [0.2, 0.25) is 0 Å². The van der Waals surface area contributed by atoms with Crippen LogP contribution in [0.4, 0.5) is 0 Å². The molecule has 0 aromatic carbocycles. The van der Waals surface area contributed by atoms with E-state index in [1.165, 1.54) is 15.7 Å². The topological polar surface area (TPSA) is 95.1 Å². The summed E-state index contributed by atoms with van der Waals surface area (Å²) in [6.45, 7) is 3.61. The first-order valence-corrected chi connectivity index (χ1v) is 8.78. The van der Waals surface area contributed by atoms with Crippen molar-refractivity contribution in [1.29, 1.82) is 5.26 Å². The van der Waals surface area contributed by atoms with E-state index in [4.69, 9.17) is 5.26 Å². The zero-order valence-corrected chi connectivity index (χ0v) is 13.8. The Kier molecular flexibility index (Phi) is 5.50. The molecule has 0 unspecified atom stereocenters. The zero-order chi connectivity index (χ0) is 16.2. The Hall–Kier alpha value is -1.50. The quantitative estimate of drug-likeness (QED) is 0.750. The van der Waals surface area contributed by atoms with E-state index in [-0.39, 0.29) is 18.4 Å². The van der Waals surface area contributed by atoms with Crippen LogP contribution in [0, 0.1) is 23.2 Å². The number of hydrogen-bond donors (Lipinski definition) is 0. The number of piperidine rings is 1. The lowest BCUT2D eigenvalue weighted by Gasteiger charge is -2.34. The minimum absolute atomic E-state index is 0.211. The average molecular weight is 326 g/mol. The fourth-order valence-electron chi connectivity index (χ4n) is 2.70. The van der Waals surface area contributed by atoms with Gasteiger partial charge in [-0.15, -0.1) is 5.10 Å². The highest BCUT2D eigenvalue weighted by Crippen LogP contribution is 2.22. The van der Waals surface area contributed by atoms with E-state index in [0.717, 1.165) is 12.8 Å². The number of nitrogens with zero attached hydrogens (tertiary/aromatic N) is 6. The maximum absolute atomic E-state index is 12.6. The van der Waals surface area contributed by atoms with Crippen LogP contribution in [0.1, 0.15) is 19.8 Å². The molecule has 0 radical (unpaired) electrons. The first-order valence-electron chi connectivity index (χ1n) is 7.38. The highest BCUT2D eigenvalue weighted by atomic mass is 32.2. The van der Waals surface area contributed by atoms with Crippen LogP contribution in [-0.4, -0.2) is 58.7 Å². The maximum Gasteiger partial charge on any atom is 0.281 e. The van der Waals surface area contributed by atoms with Crippen LogP contribution < -0.4 is 0 Å². The molecule has 8 nitrogen and oxygen atoms in total. The molecule has 2 atom stereocenters. The number of aromatic nitrogens is 3. The second-order valence-corrected chi connectivity index (χ2v) is 7.85. The largest absolute Gasteiger partial charge is 0.281 e. The van der Waals surface area contributed by atoms with E-state index in [0.29, 0.717) is 19.6 Å². The van der Waals surface area contributed by atoms with Gasteiger partial charge in [0, 0.05) is 39.4 Å². The second-order valence-electron chi connectivity index (χ2n) is 5.81. The minimum Gasteiger partial charge on any atom is -0.252 e. The minimum atomic E-state index is -3.51. The van der Waals surface area contributed by atoms with Crippen LogP contribution in [0.15, 0.2) is 12.4 Å². The molecule has 1 aromatic heterocycles. The monoisotopic (exact) mass is 326 g/mol. The summed E-state index contributed by atoms with van der Waals surface area (Å²) in [6.07, 6.45) is 5.22. The summed E-state index contributed by atoms with van der Waals surface area (Å²) in [6, 6.07) is 2.07. The molecule has 0 saturated carbocycles. The normalized spacial score (nSPS) is 21.6. The first kappa shape index (κ1) is 16.9. The van der Waals surface area contributed by atoms with Crippen molar-refractivity contribution in [2.45, 2.75) is 26.3 Å². The van der Waals surface area contributed by atoms with Crippen molar-refractivity contribution in [3.05, 3.63) is 12.4 Å². The van der Waals surface area contributed by atoms with E-state index in [9.17, 15) is 8.42 Å². The summed E-state index contributed by atoms with van der Waals surface area (Å²) >= 11 is 0. The van der Waals surface area contributed by atoms with Gasteiger partial charge in [-0.05, 0) is 25.7 Å². The molecule has 9 heteroatoms. The molecule has 0 bridgehead atoms. The van der Waals surface area contributed by atoms with Crippen molar-refractivity contribution >= 4 is 10.2 Å². The zero-order valence-electron chi connectivity index (χ0n) is 13.0. The third-order valence-electron chi connectivity index (χ3n) is 3.87. The summed E-state index contributed by atoms with van der Waals surface area (Å²) in [4.78, 5) is 0. The van der Waals surface area contributed by atoms with Gasteiger partial charge in [0.2, 0.25) is 0 Å². The van der Waals surface area contributed by atoms with Crippen LogP contribution in [0.3, 0.4) is 0 Å². The number of hydrogen-bond acceptors (Lipinski definition) is 5. The number of rotatable bonds is 6. The van der Waals surface area contributed by atoms with E-state index in [1.807, 2.05) is 0 Å². The van der Waals surface area contributed by atoms with Gasteiger partial charge < -0.3 is 0 Å². The van der Waals surface area contributed by atoms with Crippen molar-refractivity contribution in [2.75, 3.05) is 26.7 Å². The number of nitriles is 1. The molecule has 1 aliphatic heterocycles. The molecule has 0 aliphatic carbocycles. The van der Waals surface area contributed by atoms with Gasteiger partial charge in [0.15, 0.2) is 0 Å². The summed E-state index contributed by atoms with van der Waals surface area (Å²) in [7, 11) is -1.98. The fraction of sp³-hybridized carbons (Fsp3) is 0.769. The highest BCUT2D eigenvalue weighted by Gasteiger charge is 2.32. The molecule has 1 aliphatic rings. The fourth-order valence-corrected chi connectivity index (χ4v) is 4.26. The molecule has 1 fully saturated rings. The summed E-state index contributed by atoms with van der Waals surface area (Å²) in [5.74, 6) is -0.0949. The Balaban J connectivity index is 1.99. The van der Waals surface area contributed by atoms with Gasteiger partial charge in [0.25, 0.3) is 10.2 Å². The lowest BCUT2D eigenvalue weighted by Crippen LogP contribution is -2.48. The van der Waals surface area contributed by atoms with Crippen molar-refractivity contribution < 1.29 is 8.42 Å². The SMILES string of the molecule is C[C@@H](C#N)CN(C)S(=O)(=O)N1CCC[C@H](Cn2ccnn2)C1. The molecule has 0 N–H and O–H groups in total. The molecule has 2 rings (SSSR count). The lowest BCUT2D eigenvalue weighted by molar-refractivity contribution is 0.226. The predicted molar refractivity (Wildman–Crippen MR) is 80.6 cm³/mol. The summed E-state index contributed by atoms with van der Waals surface area (Å²) in [5, 5.41) is 16.5. The summed E-state index contributed by atoms with van der Waals surface area (Å²) < 4.78 is 29.7. The van der Waals surface area contributed by atoms with Gasteiger partial charge in [0.1, 0.15) is 0 Å². The Labute approximate surface area is 131 Å². The third-order valence-corrected chi connectivity index (χ3v) is 5.79. The molecule has 22 heavy (non-hydrogen) atoms. The second kappa shape index (κ2) is 7.17. The van der Waals surface area contributed by atoms with Gasteiger partial charge in [-0.1, -0.05) is 5.21 Å². The Morgan fingerprint density at radius 1 is 1.55 bits per heavy atom. The third kappa shape index (κ3) is 4.03. The Morgan fingerprint density at radius 3 is 2.95 bits per heavy atom. The van der Waals surface area contributed by atoms with Gasteiger partial charge in [-0.2, -0.15) is 22.3 Å². The van der Waals surface area contributed by atoms with Gasteiger partial charge in [-0.25, -0.2) is 0 Å². The van der Waals surface area contributed by atoms with Crippen molar-refractivity contribution in [1.82, 2.24) is 23.6 Å². The maximum atomic E-state index is 12.6. The molecule has 122 valence electrons. The standard InChI is InChI=1S/C13H22N6O2S/c1-12(8-14)9-17(2)22(20,21)19-6-3-4-13(11-19)10-18-7-5-15-16-18/h5,7,12-13H,3-4,6,9-11H2,1-2H3/t12-,13+/m0/s1. The van der Waals surface area contributed by atoms with E-state index in [2.05, 4.69) is 16.4 Å². The highest BCUT2D eigenvalue weighted by molar-refractivity contribution is 7.86. The Morgan fingerprint density at radius 2 is 2.32 bits per heavy atom. The van der Waals surface area contributed by atoms with E-state index < -0.39 is 10.2 Å². The molecular weight excluding hydrogens is 304 g/mol. The van der Waals surface area contributed by atoms with Crippen LogP contribution in [0.5, 0.6) is 0 Å². The van der Waals surface area contributed by atoms with E-state index >= 15 is 0 Å². The van der Waals surface area contributed by atoms with Crippen LogP contribution in [-0.2, 0) is 16.8 Å².